The van der Waals surface area contributed by atoms with E-state index in [9.17, 15) is 14.4 Å². The Morgan fingerprint density at radius 1 is 1.07 bits per heavy atom. The van der Waals surface area contributed by atoms with Gasteiger partial charge in [0.1, 0.15) is 0 Å². The van der Waals surface area contributed by atoms with Crippen LogP contribution >= 0.6 is 0 Å². The highest BCUT2D eigenvalue weighted by atomic mass is 16.5. The molecule has 1 heterocycles. The average molecular weight is 366 g/mol. The largest absolute Gasteiger partial charge is 0.447 e. The number of primary amides is 1. The van der Waals surface area contributed by atoms with Crippen molar-refractivity contribution in [2.75, 3.05) is 13.1 Å². The Balaban J connectivity index is 1.59. The van der Waals surface area contributed by atoms with E-state index in [0.717, 1.165) is 12.0 Å². The Hall–Kier alpha value is -3.15. The van der Waals surface area contributed by atoms with Gasteiger partial charge in [-0.05, 0) is 12.0 Å². The van der Waals surface area contributed by atoms with Crippen LogP contribution in [0.5, 0.6) is 0 Å². The van der Waals surface area contributed by atoms with Crippen molar-refractivity contribution in [1.82, 2.24) is 4.90 Å². The second kappa shape index (κ2) is 8.49. The van der Waals surface area contributed by atoms with E-state index >= 15 is 0 Å². The Labute approximate surface area is 157 Å². The minimum absolute atomic E-state index is 0.0804. The number of esters is 1. The third kappa shape index (κ3) is 4.73. The molecule has 1 aliphatic heterocycles. The number of carbonyl (C=O) groups is 3. The second-order valence-electron chi connectivity index (χ2n) is 6.61. The summed E-state index contributed by atoms with van der Waals surface area (Å²) in [6, 6.07) is 18.5. The van der Waals surface area contributed by atoms with Gasteiger partial charge in [0, 0.05) is 25.1 Å². The first-order valence-electron chi connectivity index (χ1n) is 8.91. The molecule has 3 rings (SSSR count). The molecule has 1 saturated heterocycles. The maximum absolute atomic E-state index is 12.5. The summed E-state index contributed by atoms with van der Waals surface area (Å²) < 4.78 is 5.35. The molecule has 0 radical (unpaired) electrons. The number of nitrogens with zero attached hydrogens (tertiary/aromatic N) is 1. The lowest BCUT2D eigenvalue weighted by Gasteiger charge is -2.18. The summed E-state index contributed by atoms with van der Waals surface area (Å²) in [6.07, 6.45) is -0.330. The molecule has 0 aromatic heterocycles. The summed E-state index contributed by atoms with van der Waals surface area (Å²) in [6.45, 7) is 0.843. The highest BCUT2D eigenvalue weighted by Gasteiger charge is 2.37. The maximum atomic E-state index is 12.5. The van der Waals surface area contributed by atoms with Crippen LogP contribution in [0.15, 0.2) is 60.7 Å². The molecule has 6 nitrogen and oxygen atoms in total. The molecule has 6 heteroatoms. The van der Waals surface area contributed by atoms with Gasteiger partial charge in [-0.25, -0.2) is 0 Å². The molecule has 0 bridgehead atoms. The number of hydrogen-bond donors (Lipinski definition) is 1. The van der Waals surface area contributed by atoms with E-state index in [1.54, 1.807) is 35.2 Å². The van der Waals surface area contributed by atoms with Gasteiger partial charge >= 0.3 is 5.97 Å². The van der Waals surface area contributed by atoms with Crippen molar-refractivity contribution in [3.8, 4) is 0 Å². The smallest absolute Gasteiger partial charge is 0.312 e. The molecule has 1 fully saturated rings. The maximum Gasteiger partial charge on any atom is 0.312 e. The van der Waals surface area contributed by atoms with Crippen LogP contribution in [0.2, 0.25) is 0 Å². The normalized spacial score (nSPS) is 17.6. The first kappa shape index (κ1) is 18.6. The fourth-order valence-corrected chi connectivity index (χ4v) is 3.19. The van der Waals surface area contributed by atoms with Gasteiger partial charge < -0.3 is 15.4 Å². The number of rotatable bonds is 7. The number of carbonyl (C=O) groups excluding carboxylic acids is 3. The predicted molar refractivity (Wildman–Crippen MR) is 99.3 cm³/mol. The van der Waals surface area contributed by atoms with Crippen LogP contribution in [0.25, 0.3) is 0 Å². The average Bonchev–Trinajstić information content (AvgIpc) is 3.06. The topological polar surface area (TPSA) is 89.7 Å². The summed E-state index contributed by atoms with van der Waals surface area (Å²) in [5.41, 5.74) is 7.04. The van der Waals surface area contributed by atoms with Crippen LogP contribution in [0.1, 0.15) is 23.7 Å². The molecule has 2 atom stereocenters. The van der Waals surface area contributed by atoms with Crippen molar-refractivity contribution in [3.63, 3.8) is 0 Å². The number of benzene rings is 2. The zero-order chi connectivity index (χ0) is 19.2. The quantitative estimate of drug-likeness (QED) is 0.757. The van der Waals surface area contributed by atoms with E-state index in [-0.39, 0.29) is 12.3 Å². The van der Waals surface area contributed by atoms with Gasteiger partial charge in [0.15, 0.2) is 0 Å². The van der Waals surface area contributed by atoms with E-state index in [4.69, 9.17) is 10.5 Å². The van der Waals surface area contributed by atoms with Gasteiger partial charge in [0.25, 0.3) is 5.91 Å². The van der Waals surface area contributed by atoms with E-state index in [1.165, 1.54) is 0 Å². The third-order valence-electron chi connectivity index (χ3n) is 4.66. The highest BCUT2D eigenvalue weighted by Crippen LogP contribution is 2.24. The van der Waals surface area contributed by atoms with Gasteiger partial charge in [-0.1, -0.05) is 60.7 Å². The molecule has 1 aliphatic rings. The standard InChI is InChI=1S/C21H22N2O4/c22-20(25)19(16-9-5-2-6-10-16)27-21(26)17-13-18(24)23(14-17)12-11-15-7-3-1-4-8-15/h1-10,17,19H,11-14H2,(H2,22,25)/t17-,19-/m1/s1. The number of hydrogen-bond acceptors (Lipinski definition) is 4. The first-order valence-corrected chi connectivity index (χ1v) is 8.91. The van der Waals surface area contributed by atoms with E-state index in [2.05, 4.69) is 0 Å². The molecule has 2 aromatic rings. The monoisotopic (exact) mass is 366 g/mol. The minimum atomic E-state index is -1.15. The van der Waals surface area contributed by atoms with Gasteiger partial charge in [0.2, 0.25) is 12.0 Å². The number of nitrogens with two attached hydrogens (primary N) is 1. The lowest BCUT2D eigenvalue weighted by Crippen LogP contribution is -2.31. The summed E-state index contributed by atoms with van der Waals surface area (Å²) >= 11 is 0. The summed E-state index contributed by atoms with van der Waals surface area (Å²) in [7, 11) is 0. The van der Waals surface area contributed by atoms with Crippen LogP contribution in [0.4, 0.5) is 0 Å². The fourth-order valence-electron chi connectivity index (χ4n) is 3.19. The summed E-state index contributed by atoms with van der Waals surface area (Å²) in [5.74, 6) is -1.97. The van der Waals surface area contributed by atoms with E-state index < -0.39 is 23.9 Å². The van der Waals surface area contributed by atoms with Gasteiger partial charge in [0.05, 0.1) is 5.92 Å². The molecule has 0 aliphatic carbocycles. The molecule has 2 amide bonds. The first-order chi connectivity index (χ1) is 13.0. The minimum Gasteiger partial charge on any atom is -0.447 e. The van der Waals surface area contributed by atoms with Crippen LogP contribution in [0.3, 0.4) is 0 Å². The van der Waals surface area contributed by atoms with Crippen LogP contribution in [-0.4, -0.2) is 35.8 Å². The van der Waals surface area contributed by atoms with Crippen molar-refractivity contribution in [1.29, 1.82) is 0 Å². The van der Waals surface area contributed by atoms with Crippen LogP contribution in [-0.2, 0) is 25.5 Å². The highest BCUT2D eigenvalue weighted by molar-refractivity contribution is 5.89. The summed E-state index contributed by atoms with van der Waals surface area (Å²) in [5, 5.41) is 0. The van der Waals surface area contributed by atoms with Crippen molar-refractivity contribution in [2.45, 2.75) is 18.9 Å². The van der Waals surface area contributed by atoms with E-state index in [0.29, 0.717) is 18.7 Å². The molecule has 27 heavy (non-hydrogen) atoms. The number of ether oxygens (including phenoxy) is 1. The SMILES string of the molecule is NC(=O)[C@H](OC(=O)[C@@H]1CC(=O)N(CCc2ccccc2)C1)c1ccccc1. The number of amides is 2. The Morgan fingerprint density at radius 3 is 2.33 bits per heavy atom. The summed E-state index contributed by atoms with van der Waals surface area (Å²) in [4.78, 5) is 38.1. The zero-order valence-electron chi connectivity index (χ0n) is 14.9. The van der Waals surface area contributed by atoms with Crippen molar-refractivity contribution in [3.05, 3.63) is 71.8 Å². The van der Waals surface area contributed by atoms with Crippen molar-refractivity contribution in [2.24, 2.45) is 11.7 Å². The third-order valence-corrected chi connectivity index (χ3v) is 4.66. The fraction of sp³-hybridized carbons (Fsp3) is 0.286. The molecular formula is C21H22N2O4. The molecule has 2 N–H and O–H groups in total. The van der Waals surface area contributed by atoms with Crippen LogP contribution in [0, 0.1) is 5.92 Å². The van der Waals surface area contributed by atoms with E-state index in [1.807, 2.05) is 30.3 Å². The van der Waals surface area contributed by atoms with Gasteiger partial charge in [-0.15, -0.1) is 0 Å². The van der Waals surface area contributed by atoms with Crippen molar-refractivity contribution >= 4 is 17.8 Å². The molecular weight excluding hydrogens is 344 g/mol. The van der Waals surface area contributed by atoms with Gasteiger partial charge in [-0.3, -0.25) is 14.4 Å². The molecule has 0 saturated carbocycles. The predicted octanol–water partition coefficient (Wildman–Crippen LogP) is 1.85. The molecule has 0 spiro atoms. The zero-order valence-corrected chi connectivity index (χ0v) is 14.9. The lowest BCUT2D eigenvalue weighted by molar-refractivity contribution is -0.159. The van der Waals surface area contributed by atoms with Gasteiger partial charge in [-0.2, -0.15) is 0 Å². The molecule has 2 aromatic carbocycles. The lowest BCUT2D eigenvalue weighted by atomic mass is 10.1. The molecule has 140 valence electrons. The Morgan fingerprint density at radius 2 is 1.70 bits per heavy atom. The second-order valence-corrected chi connectivity index (χ2v) is 6.61. The Bertz CT molecular complexity index is 807. The number of likely N-dealkylation sites (tertiary alicyclic amines) is 1. The van der Waals surface area contributed by atoms with Crippen molar-refractivity contribution < 1.29 is 19.1 Å². The Kier molecular flexibility index (Phi) is 5.86. The molecule has 0 unspecified atom stereocenters. The van der Waals surface area contributed by atoms with Crippen LogP contribution < -0.4 is 5.73 Å².